The molecule has 1 rings (SSSR count). The molecular formula is C11H17ClN2O. The van der Waals surface area contributed by atoms with Crippen LogP contribution in [-0.4, -0.2) is 24.7 Å². The van der Waals surface area contributed by atoms with Crippen molar-refractivity contribution in [2.24, 2.45) is 5.73 Å². The lowest BCUT2D eigenvalue weighted by atomic mass is 10.0. The van der Waals surface area contributed by atoms with E-state index in [1.54, 1.807) is 6.07 Å². The fraction of sp³-hybridized carbons (Fsp3) is 0.455. The van der Waals surface area contributed by atoms with Crippen LogP contribution in [0, 0.1) is 6.92 Å². The molecule has 1 aromatic carbocycles. The van der Waals surface area contributed by atoms with Crippen molar-refractivity contribution in [2.75, 3.05) is 19.6 Å². The van der Waals surface area contributed by atoms with E-state index in [1.165, 1.54) is 0 Å². The van der Waals surface area contributed by atoms with Gasteiger partial charge in [-0.25, -0.2) is 0 Å². The van der Waals surface area contributed by atoms with Gasteiger partial charge in [0.1, 0.15) is 0 Å². The predicted molar refractivity (Wildman–Crippen MR) is 63.1 cm³/mol. The average molecular weight is 229 g/mol. The Balaban J connectivity index is 2.68. The van der Waals surface area contributed by atoms with Gasteiger partial charge in [0.25, 0.3) is 0 Å². The zero-order valence-corrected chi connectivity index (χ0v) is 9.59. The molecule has 0 aliphatic rings. The molecule has 0 aliphatic heterocycles. The fourth-order valence-corrected chi connectivity index (χ4v) is 1.86. The van der Waals surface area contributed by atoms with Crippen molar-refractivity contribution in [3.05, 3.63) is 34.3 Å². The highest BCUT2D eigenvalue weighted by atomic mass is 35.5. The quantitative estimate of drug-likeness (QED) is 0.665. The topological polar surface area (TPSA) is 58.3 Å². The van der Waals surface area contributed by atoms with E-state index >= 15 is 0 Å². The Morgan fingerprint density at radius 1 is 1.53 bits per heavy atom. The van der Waals surface area contributed by atoms with Crippen molar-refractivity contribution in [3.8, 4) is 0 Å². The van der Waals surface area contributed by atoms with E-state index < -0.39 is 6.10 Å². The number of halogens is 1. The molecule has 4 N–H and O–H groups in total. The van der Waals surface area contributed by atoms with Crippen LogP contribution in [0.25, 0.3) is 0 Å². The molecule has 0 spiro atoms. The number of aryl methyl sites for hydroxylation is 1. The number of hydrogen-bond acceptors (Lipinski definition) is 3. The summed E-state index contributed by atoms with van der Waals surface area (Å²) in [6.07, 6.45) is -0.578. The molecule has 0 saturated carbocycles. The van der Waals surface area contributed by atoms with Gasteiger partial charge in [-0.05, 0) is 18.6 Å². The summed E-state index contributed by atoms with van der Waals surface area (Å²) in [7, 11) is 0. The van der Waals surface area contributed by atoms with Gasteiger partial charge in [-0.15, -0.1) is 0 Å². The first-order chi connectivity index (χ1) is 7.16. The minimum atomic E-state index is -0.578. The zero-order chi connectivity index (χ0) is 11.3. The van der Waals surface area contributed by atoms with Crippen molar-refractivity contribution in [1.29, 1.82) is 0 Å². The first-order valence-electron chi connectivity index (χ1n) is 5.00. The van der Waals surface area contributed by atoms with Gasteiger partial charge in [0, 0.05) is 30.2 Å². The number of hydrogen-bond donors (Lipinski definition) is 3. The summed E-state index contributed by atoms with van der Waals surface area (Å²) >= 11 is 6.02. The molecule has 0 aliphatic carbocycles. The lowest BCUT2D eigenvalue weighted by Crippen LogP contribution is -2.27. The molecule has 0 bridgehead atoms. The van der Waals surface area contributed by atoms with Gasteiger partial charge in [0.05, 0.1) is 6.10 Å². The molecule has 0 fully saturated rings. The molecule has 1 atom stereocenters. The third-order valence-corrected chi connectivity index (χ3v) is 2.59. The Kier molecular flexibility index (Phi) is 5.05. The Hall–Kier alpha value is -0.610. The van der Waals surface area contributed by atoms with Gasteiger partial charge >= 0.3 is 0 Å². The Labute approximate surface area is 95.2 Å². The van der Waals surface area contributed by atoms with Crippen molar-refractivity contribution in [3.63, 3.8) is 0 Å². The molecule has 15 heavy (non-hydrogen) atoms. The number of rotatable bonds is 5. The molecular weight excluding hydrogens is 212 g/mol. The van der Waals surface area contributed by atoms with Crippen LogP contribution in [-0.2, 0) is 0 Å². The molecule has 0 radical (unpaired) electrons. The summed E-state index contributed by atoms with van der Waals surface area (Å²) < 4.78 is 0. The summed E-state index contributed by atoms with van der Waals surface area (Å²) in [5, 5.41) is 13.6. The van der Waals surface area contributed by atoms with Crippen molar-refractivity contribution < 1.29 is 5.11 Å². The summed E-state index contributed by atoms with van der Waals surface area (Å²) in [6.45, 7) is 3.67. The highest BCUT2D eigenvalue weighted by Crippen LogP contribution is 2.25. The summed E-state index contributed by atoms with van der Waals surface area (Å²) in [5.74, 6) is 0. The maximum atomic E-state index is 9.92. The van der Waals surface area contributed by atoms with Gasteiger partial charge in [0.15, 0.2) is 0 Å². The van der Waals surface area contributed by atoms with Gasteiger partial charge in [-0.2, -0.15) is 0 Å². The number of nitrogens with one attached hydrogen (secondary N) is 1. The molecule has 0 heterocycles. The first-order valence-corrected chi connectivity index (χ1v) is 5.38. The van der Waals surface area contributed by atoms with Crippen molar-refractivity contribution in [2.45, 2.75) is 13.0 Å². The van der Waals surface area contributed by atoms with Crippen LogP contribution in [0.4, 0.5) is 0 Å². The second-order valence-electron chi connectivity index (χ2n) is 3.48. The van der Waals surface area contributed by atoms with Crippen LogP contribution in [0.5, 0.6) is 0 Å². The maximum Gasteiger partial charge on any atom is 0.0931 e. The van der Waals surface area contributed by atoms with E-state index in [4.69, 9.17) is 17.3 Å². The Morgan fingerprint density at radius 3 is 2.87 bits per heavy atom. The van der Waals surface area contributed by atoms with Crippen LogP contribution in [0.1, 0.15) is 17.2 Å². The number of aliphatic hydroxyl groups excluding tert-OH is 1. The number of aliphatic hydroxyl groups is 1. The second-order valence-corrected chi connectivity index (χ2v) is 3.89. The van der Waals surface area contributed by atoms with Crippen LogP contribution < -0.4 is 11.1 Å². The van der Waals surface area contributed by atoms with Crippen LogP contribution in [0.3, 0.4) is 0 Å². The SMILES string of the molecule is Cc1cccc(Cl)c1C(O)CNCCN. The smallest absolute Gasteiger partial charge is 0.0931 e. The number of nitrogens with two attached hydrogens (primary N) is 1. The molecule has 84 valence electrons. The Morgan fingerprint density at radius 2 is 2.27 bits per heavy atom. The second kappa shape index (κ2) is 6.08. The van der Waals surface area contributed by atoms with E-state index in [2.05, 4.69) is 5.32 Å². The van der Waals surface area contributed by atoms with Crippen LogP contribution in [0.2, 0.25) is 5.02 Å². The monoisotopic (exact) mass is 228 g/mol. The van der Waals surface area contributed by atoms with Gasteiger partial charge in [-0.3, -0.25) is 0 Å². The van der Waals surface area contributed by atoms with E-state index in [-0.39, 0.29) is 0 Å². The van der Waals surface area contributed by atoms with Gasteiger partial charge in [0.2, 0.25) is 0 Å². The third kappa shape index (κ3) is 3.47. The summed E-state index contributed by atoms with van der Waals surface area (Å²) in [6, 6.07) is 5.60. The van der Waals surface area contributed by atoms with E-state index in [9.17, 15) is 5.11 Å². The predicted octanol–water partition coefficient (Wildman–Crippen LogP) is 1.23. The molecule has 1 aromatic rings. The average Bonchev–Trinajstić information content (AvgIpc) is 2.18. The van der Waals surface area contributed by atoms with Crippen LogP contribution >= 0.6 is 11.6 Å². The van der Waals surface area contributed by atoms with Crippen LogP contribution in [0.15, 0.2) is 18.2 Å². The fourth-order valence-electron chi connectivity index (χ4n) is 1.51. The zero-order valence-electron chi connectivity index (χ0n) is 8.83. The Bertz CT molecular complexity index is 297. The lowest BCUT2D eigenvalue weighted by Gasteiger charge is -2.15. The highest BCUT2D eigenvalue weighted by molar-refractivity contribution is 6.31. The first kappa shape index (κ1) is 12.5. The van der Waals surface area contributed by atoms with Crippen molar-refractivity contribution in [1.82, 2.24) is 5.32 Å². The van der Waals surface area contributed by atoms with Gasteiger partial charge < -0.3 is 16.2 Å². The maximum absolute atomic E-state index is 9.92. The molecule has 0 saturated heterocycles. The van der Waals surface area contributed by atoms with Gasteiger partial charge in [-0.1, -0.05) is 23.7 Å². The van der Waals surface area contributed by atoms with E-state index in [0.29, 0.717) is 24.7 Å². The van der Waals surface area contributed by atoms with E-state index in [1.807, 2.05) is 19.1 Å². The van der Waals surface area contributed by atoms with Crippen molar-refractivity contribution >= 4 is 11.6 Å². The summed E-state index contributed by atoms with van der Waals surface area (Å²) in [4.78, 5) is 0. The summed E-state index contributed by atoms with van der Waals surface area (Å²) in [5.41, 5.74) is 7.14. The number of benzene rings is 1. The standard InChI is InChI=1S/C11H17ClN2O/c1-8-3-2-4-9(12)11(8)10(15)7-14-6-5-13/h2-4,10,14-15H,5-7,13H2,1H3. The van der Waals surface area contributed by atoms with E-state index in [0.717, 1.165) is 11.1 Å². The highest BCUT2D eigenvalue weighted by Gasteiger charge is 2.13. The molecule has 3 nitrogen and oxygen atoms in total. The molecule has 1 unspecified atom stereocenters. The third-order valence-electron chi connectivity index (χ3n) is 2.26. The molecule has 4 heteroatoms. The minimum absolute atomic E-state index is 0.474. The molecule has 0 amide bonds. The normalized spacial score (nSPS) is 12.8. The molecule has 0 aromatic heterocycles. The minimum Gasteiger partial charge on any atom is -0.387 e. The lowest BCUT2D eigenvalue weighted by molar-refractivity contribution is 0.175. The largest absolute Gasteiger partial charge is 0.387 e.